The van der Waals surface area contributed by atoms with Gasteiger partial charge in [-0.2, -0.15) is 0 Å². The van der Waals surface area contributed by atoms with Crippen LogP contribution < -0.4 is 4.74 Å². The molecular formula is C18H25ClO4. The van der Waals surface area contributed by atoms with Crippen molar-refractivity contribution < 1.29 is 19.1 Å². The van der Waals surface area contributed by atoms with E-state index in [-0.39, 0.29) is 18.4 Å². The second-order valence-electron chi connectivity index (χ2n) is 5.42. The van der Waals surface area contributed by atoms with Crippen molar-refractivity contribution in [1.29, 1.82) is 0 Å². The lowest BCUT2D eigenvalue weighted by Gasteiger charge is -2.05. The molecule has 0 aromatic heterocycles. The summed E-state index contributed by atoms with van der Waals surface area (Å²) >= 11 is 5.76. The second-order valence-corrected chi connectivity index (χ2v) is 5.85. The van der Waals surface area contributed by atoms with Gasteiger partial charge in [-0.05, 0) is 43.5 Å². The molecule has 0 N–H and O–H groups in total. The zero-order valence-corrected chi connectivity index (χ0v) is 14.4. The van der Waals surface area contributed by atoms with E-state index in [4.69, 9.17) is 21.1 Å². The lowest BCUT2D eigenvalue weighted by Crippen LogP contribution is -2.09. The maximum absolute atomic E-state index is 11.6. The van der Waals surface area contributed by atoms with Crippen LogP contribution >= 0.6 is 11.6 Å². The monoisotopic (exact) mass is 340 g/mol. The molecule has 0 saturated carbocycles. The highest BCUT2D eigenvalue weighted by molar-refractivity contribution is 6.30. The van der Waals surface area contributed by atoms with Crippen molar-refractivity contribution in [3.63, 3.8) is 0 Å². The molecular weight excluding hydrogens is 316 g/mol. The van der Waals surface area contributed by atoms with Gasteiger partial charge >= 0.3 is 11.9 Å². The Labute approximate surface area is 143 Å². The Morgan fingerprint density at radius 3 is 2.22 bits per heavy atom. The van der Waals surface area contributed by atoms with Crippen molar-refractivity contribution in [2.45, 2.75) is 58.3 Å². The van der Waals surface area contributed by atoms with Gasteiger partial charge in [-0.3, -0.25) is 9.59 Å². The highest BCUT2D eigenvalue weighted by atomic mass is 35.5. The molecule has 0 spiro atoms. The molecule has 128 valence electrons. The van der Waals surface area contributed by atoms with Gasteiger partial charge in [0.05, 0.1) is 6.61 Å². The fraction of sp³-hybridized carbons (Fsp3) is 0.556. The molecule has 0 amide bonds. The average Bonchev–Trinajstić information content (AvgIpc) is 2.53. The van der Waals surface area contributed by atoms with Gasteiger partial charge in [0.15, 0.2) is 0 Å². The summed E-state index contributed by atoms with van der Waals surface area (Å²) in [6.45, 7) is 2.64. The molecule has 23 heavy (non-hydrogen) atoms. The highest BCUT2D eigenvalue weighted by Gasteiger charge is 2.07. The number of carbonyl (C=O) groups excluding carboxylic acids is 2. The third-order valence-electron chi connectivity index (χ3n) is 3.32. The normalized spacial score (nSPS) is 10.3. The molecule has 0 aliphatic carbocycles. The zero-order chi connectivity index (χ0) is 16.9. The number of benzene rings is 1. The Balaban J connectivity index is 2.04. The first-order chi connectivity index (χ1) is 11.1. The molecule has 0 radical (unpaired) electrons. The predicted octanol–water partition coefficient (Wildman–Crippen LogP) is 4.93. The molecule has 0 fully saturated rings. The van der Waals surface area contributed by atoms with E-state index in [0.29, 0.717) is 36.6 Å². The summed E-state index contributed by atoms with van der Waals surface area (Å²) in [5.74, 6) is -0.0151. The molecule has 0 unspecified atom stereocenters. The van der Waals surface area contributed by atoms with E-state index in [1.165, 1.54) is 12.8 Å². The van der Waals surface area contributed by atoms with Gasteiger partial charge in [-0.1, -0.05) is 37.8 Å². The number of carbonyl (C=O) groups is 2. The van der Waals surface area contributed by atoms with Crippen molar-refractivity contribution in [2.24, 2.45) is 0 Å². The summed E-state index contributed by atoms with van der Waals surface area (Å²) in [6.07, 6.45) is 6.23. The summed E-state index contributed by atoms with van der Waals surface area (Å²) in [6, 6.07) is 6.63. The standard InChI is InChI=1S/C18H25ClO4/c1-2-3-4-7-14-22-17(20)8-5-6-9-18(21)23-16-12-10-15(19)11-13-16/h10-13H,2-9,14H2,1H3. The minimum atomic E-state index is -0.305. The minimum absolute atomic E-state index is 0.187. The second kappa shape index (κ2) is 11.9. The first kappa shape index (κ1) is 19.5. The van der Waals surface area contributed by atoms with Crippen molar-refractivity contribution in [3.8, 4) is 5.75 Å². The first-order valence-electron chi connectivity index (χ1n) is 8.23. The zero-order valence-electron chi connectivity index (χ0n) is 13.7. The number of esters is 2. The molecule has 0 aliphatic heterocycles. The topological polar surface area (TPSA) is 52.6 Å². The number of ether oxygens (including phenoxy) is 2. The Morgan fingerprint density at radius 2 is 1.57 bits per heavy atom. The molecule has 1 rings (SSSR count). The molecule has 0 aliphatic rings. The lowest BCUT2D eigenvalue weighted by atomic mass is 10.2. The maximum atomic E-state index is 11.6. The lowest BCUT2D eigenvalue weighted by molar-refractivity contribution is -0.144. The summed E-state index contributed by atoms with van der Waals surface area (Å²) < 4.78 is 10.3. The number of hydrogen-bond acceptors (Lipinski definition) is 4. The van der Waals surface area contributed by atoms with Crippen LogP contribution in [-0.2, 0) is 14.3 Å². The van der Waals surface area contributed by atoms with Gasteiger partial charge in [0.1, 0.15) is 5.75 Å². The van der Waals surface area contributed by atoms with E-state index in [1.807, 2.05) is 0 Å². The largest absolute Gasteiger partial charge is 0.466 e. The quantitative estimate of drug-likeness (QED) is 0.325. The molecule has 0 atom stereocenters. The summed E-state index contributed by atoms with van der Waals surface area (Å²) in [5, 5.41) is 0.595. The van der Waals surface area contributed by atoms with Crippen molar-refractivity contribution in [1.82, 2.24) is 0 Å². The Kier molecular flexibility index (Phi) is 10.1. The third kappa shape index (κ3) is 9.95. The third-order valence-corrected chi connectivity index (χ3v) is 3.57. The van der Waals surface area contributed by atoms with Crippen molar-refractivity contribution >= 4 is 23.5 Å². The highest BCUT2D eigenvalue weighted by Crippen LogP contribution is 2.16. The van der Waals surface area contributed by atoms with Gasteiger partial charge in [-0.15, -0.1) is 0 Å². The Bertz CT molecular complexity index is 470. The summed E-state index contributed by atoms with van der Waals surface area (Å²) in [5.41, 5.74) is 0. The molecule has 5 heteroatoms. The van der Waals surface area contributed by atoms with Crippen LogP contribution in [0.15, 0.2) is 24.3 Å². The number of rotatable bonds is 11. The summed E-state index contributed by atoms with van der Waals surface area (Å²) in [4.78, 5) is 23.1. The Morgan fingerprint density at radius 1 is 0.913 bits per heavy atom. The molecule has 1 aromatic rings. The van der Waals surface area contributed by atoms with E-state index in [1.54, 1.807) is 24.3 Å². The van der Waals surface area contributed by atoms with E-state index < -0.39 is 0 Å². The number of halogens is 1. The number of hydrogen-bond donors (Lipinski definition) is 0. The SMILES string of the molecule is CCCCCCOC(=O)CCCCC(=O)Oc1ccc(Cl)cc1. The minimum Gasteiger partial charge on any atom is -0.466 e. The van der Waals surface area contributed by atoms with Crippen LogP contribution in [0.4, 0.5) is 0 Å². The first-order valence-corrected chi connectivity index (χ1v) is 8.61. The van der Waals surface area contributed by atoms with Gasteiger partial charge in [0.25, 0.3) is 0 Å². The average molecular weight is 341 g/mol. The van der Waals surface area contributed by atoms with Crippen molar-refractivity contribution in [3.05, 3.63) is 29.3 Å². The van der Waals surface area contributed by atoms with E-state index in [9.17, 15) is 9.59 Å². The molecule has 0 heterocycles. The van der Waals surface area contributed by atoms with Gasteiger partial charge in [-0.25, -0.2) is 0 Å². The van der Waals surface area contributed by atoms with Crippen molar-refractivity contribution in [2.75, 3.05) is 6.61 Å². The molecule has 0 bridgehead atoms. The van der Waals surface area contributed by atoms with Crippen LogP contribution in [0, 0.1) is 0 Å². The Hall–Kier alpha value is -1.55. The van der Waals surface area contributed by atoms with Gasteiger partial charge in [0, 0.05) is 17.9 Å². The molecule has 0 saturated heterocycles. The fourth-order valence-electron chi connectivity index (χ4n) is 2.01. The maximum Gasteiger partial charge on any atom is 0.311 e. The summed E-state index contributed by atoms with van der Waals surface area (Å²) in [7, 11) is 0. The van der Waals surface area contributed by atoms with Crippen LogP contribution in [0.25, 0.3) is 0 Å². The number of unbranched alkanes of at least 4 members (excludes halogenated alkanes) is 4. The van der Waals surface area contributed by atoms with Crippen LogP contribution in [0.1, 0.15) is 58.3 Å². The predicted molar refractivity (Wildman–Crippen MR) is 90.7 cm³/mol. The fourth-order valence-corrected chi connectivity index (χ4v) is 2.14. The smallest absolute Gasteiger partial charge is 0.311 e. The van der Waals surface area contributed by atoms with E-state index in [2.05, 4.69) is 6.92 Å². The van der Waals surface area contributed by atoms with Gasteiger partial charge in [0.2, 0.25) is 0 Å². The van der Waals surface area contributed by atoms with Crippen LogP contribution in [0.5, 0.6) is 5.75 Å². The van der Waals surface area contributed by atoms with E-state index >= 15 is 0 Å². The van der Waals surface area contributed by atoms with Crippen LogP contribution in [0.2, 0.25) is 5.02 Å². The molecule has 4 nitrogen and oxygen atoms in total. The van der Waals surface area contributed by atoms with Gasteiger partial charge < -0.3 is 9.47 Å². The van der Waals surface area contributed by atoms with Crippen LogP contribution in [0.3, 0.4) is 0 Å². The van der Waals surface area contributed by atoms with E-state index in [0.717, 1.165) is 12.8 Å². The molecule has 1 aromatic carbocycles. The van der Waals surface area contributed by atoms with Crippen LogP contribution in [-0.4, -0.2) is 18.5 Å².